The second-order valence-corrected chi connectivity index (χ2v) is 10.1. The number of hydrogen-bond acceptors (Lipinski definition) is 5. The van der Waals surface area contributed by atoms with Crippen molar-refractivity contribution >= 4 is 27.6 Å². The van der Waals surface area contributed by atoms with Gasteiger partial charge < -0.3 is 10.4 Å². The first kappa shape index (κ1) is 24.8. The van der Waals surface area contributed by atoms with Gasteiger partial charge in [0.1, 0.15) is 6.61 Å². The minimum Gasteiger partial charge on any atom is -0.390 e. The largest absolute Gasteiger partial charge is 0.390 e. The van der Waals surface area contributed by atoms with Gasteiger partial charge in [0, 0.05) is 28.9 Å². The number of aromatic nitrogens is 4. The van der Waals surface area contributed by atoms with Crippen molar-refractivity contribution in [3.63, 3.8) is 0 Å². The van der Waals surface area contributed by atoms with Crippen molar-refractivity contribution in [2.75, 3.05) is 11.9 Å². The maximum absolute atomic E-state index is 14.3. The van der Waals surface area contributed by atoms with E-state index in [9.17, 15) is 13.6 Å². The highest BCUT2D eigenvalue weighted by Crippen LogP contribution is 2.35. The minimum absolute atomic E-state index is 0.110. The Balaban J connectivity index is 1.88. The van der Waals surface area contributed by atoms with Crippen LogP contribution in [0.3, 0.4) is 0 Å². The van der Waals surface area contributed by atoms with Gasteiger partial charge in [-0.05, 0) is 64.8 Å². The van der Waals surface area contributed by atoms with Gasteiger partial charge in [-0.15, -0.1) is 5.10 Å². The quantitative estimate of drug-likeness (QED) is 0.421. The molecular weight excluding hydrogens is 452 g/mol. The molecule has 0 aliphatic heterocycles. The number of imidazole rings is 1. The zero-order valence-electron chi connectivity index (χ0n) is 21.1. The SMILES string of the molecule is Cc1c([C@@H](C)Nc2nnc(C)c3cc4c(cc23)n(C(C)(C)C)c(=O)n4C)cccc1C(F)(F)CO. The number of alkyl halides is 2. The van der Waals surface area contributed by atoms with Crippen LogP contribution < -0.4 is 11.0 Å². The lowest BCUT2D eigenvalue weighted by molar-refractivity contribution is -0.0561. The summed E-state index contributed by atoms with van der Waals surface area (Å²) >= 11 is 0. The van der Waals surface area contributed by atoms with E-state index in [1.54, 1.807) is 35.2 Å². The molecule has 2 N–H and O–H groups in total. The predicted molar refractivity (Wildman–Crippen MR) is 134 cm³/mol. The Hall–Kier alpha value is -3.33. The molecule has 0 fully saturated rings. The maximum Gasteiger partial charge on any atom is 0.329 e. The normalized spacial score (nSPS) is 13.5. The smallest absolute Gasteiger partial charge is 0.329 e. The van der Waals surface area contributed by atoms with Crippen molar-refractivity contribution in [1.82, 2.24) is 19.3 Å². The topological polar surface area (TPSA) is 85.0 Å². The maximum atomic E-state index is 14.3. The zero-order valence-corrected chi connectivity index (χ0v) is 21.1. The molecule has 0 unspecified atom stereocenters. The van der Waals surface area contributed by atoms with Crippen LogP contribution in [0.4, 0.5) is 14.6 Å². The number of nitrogens with zero attached hydrogens (tertiary/aromatic N) is 4. The molecule has 7 nitrogen and oxygen atoms in total. The van der Waals surface area contributed by atoms with Gasteiger partial charge >= 0.3 is 5.69 Å². The number of hydrogen-bond donors (Lipinski definition) is 2. The zero-order chi connectivity index (χ0) is 25.9. The third-order valence-electron chi connectivity index (χ3n) is 6.60. The highest BCUT2D eigenvalue weighted by atomic mass is 19.3. The van der Waals surface area contributed by atoms with Crippen molar-refractivity contribution in [3.8, 4) is 0 Å². The average Bonchev–Trinajstić information content (AvgIpc) is 3.04. The van der Waals surface area contributed by atoms with Gasteiger partial charge in [-0.2, -0.15) is 13.9 Å². The molecule has 2 heterocycles. The molecular formula is C26H31F2N5O2. The van der Waals surface area contributed by atoms with E-state index in [2.05, 4.69) is 15.5 Å². The fourth-order valence-corrected chi connectivity index (χ4v) is 4.75. The molecule has 9 heteroatoms. The number of aliphatic hydroxyl groups is 1. The van der Waals surface area contributed by atoms with Gasteiger partial charge in [-0.25, -0.2) is 4.79 Å². The Bertz CT molecular complexity index is 1500. The minimum atomic E-state index is -3.33. The lowest BCUT2D eigenvalue weighted by Gasteiger charge is -2.23. The van der Waals surface area contributed by atoms with Crippen LogP contribution in [0.2, 0.25) is 0 Å². The summed E-state index contributed by atoms with van der Waals surface area (Å²) < 4.78 is 31.9. The summed E-state index contributed by atoms with van der Waals surface area (Å²) in [7, 11) is 1.75. The van der Waals surface area contributed by atoms with Crippen LogP contribution in [0, 0.1) is 13.8 Å². The van der Waals surface area contributed by atoms with Crippen LogP contribution >= 0.6 is 0 Å². The van der Waals surface area contributed by atoms with E-state index in [4.69, 9.17) is 5.11 Å². The molecule has 186 valence electrons. The van der Waals surface area contributed by atoms with Crippen LogP contribution in [0.25, 0.3) is 21.8 Å². The van der Waals surface area contributed by atoms with Gasteiger partial charge in [0.2, 0.25) is 0 Å². The van der Waals surface area contributed by atoms with Crippen LogP contribution in [0.15, 0.2) is 35.1 Å². The van der Waals surface area contributed by atoms with Crippen molar-refractivity contribution < 1.29 is 13.9 Å². The number of fused-ring (bicyclic) bond motifs is 2. The van der Waals surface area contributed by atoms with E-state index in [0.29, 0.717) is 16.9 Å². The highest BCUT2D eigenvalue weighted by molar-refractivity contribution is 6.01. The molecule has 0 bridgehead atoms. The van der Waals surface area contributed by atoms with E-state index in [-0.39, 0.29) is 17.3 Å². The number of aryl methyl sites for hydroxylation is 2. The molecule has 0 spiro atoms. The number of nitrogens with one attached hydrogen (secondary N) is 1. The second kappa shape index (κ2) is 8.41. The van der Waals surface area contributed by atoms with E-state index in [1.165, 1.54) is 6.07 Å². The molecule has 0 aliphatic carbocycles. The molecule has 4 rings (SSSR count). The lowest BCUT2D eigenvalue weighted by atomic mass is 9.94. The van der Waals surface area contributed by atoms with Gasteiger partial charge in [-0.1, -0.05) is 18.2 Å². The Morgan fingerprint density at radius 3 is 2.37 bits per heavy atom. The van der Waals surface area contributed by atoms with Crippen molar-refractivity contribution in [2.24, 2.45) is 7.05 Å². The third kappa shape index (κ3) is 4.07. The Labute approximate surface area is 202 Å². The Morgan fingerprint density at radius 1 is 1.09 bits per heavy atom. The molecule has 0 saturated heterocycles. The van der Waals surface area contributed by atoms with E-state index >= 15 is 0 Å². The molecule has 35 heavy (non-hydrogen) atoms. The number of halogens is 2. The van der Waals surface area contributed by atoms with E-state index in [1.807, 2.05) is 46.8 Å². The Kier molecular flexibility index (Phi) is 5.95. The number of rotatable bonds is 5. The van der Waals surface area contributed by atoms with Gasteiger partial charge in [0.15, 0.2) is 5.82 Å². The van der Waals surface area contributed by atoms with Crippen molar-refractivity contribution in [3.05, 3.63) is 63.2 Å². The van der Waals surface area contributed by atoms with Crippen LogP contribution in [-0.4, -0.2) is 31.0 Å². The van der Waals surface area contributed by atoms with Gasteiger partial charge in [0.05, 0.1) is 22.8 Å². The summed E-state index contributed by atoms with van der Waals surface area (Å²) in [5, 5.41) is 22.8. The fraction of sp³-hybridized carbons (Fsp3) is 0.423. The third-order valence-corrected chi connectivity index (χ3v) is 6.60. The summed E-state index contributed by atoms with van der Waals surface area (Å²) in [5.41, 5.74) is 2.62. The van der Waals surface area contributed by atoms with Crippen molar-refractivity contribution in [1.29, 1.82) is 0 Å². The second-order valence-electron chi connectivity index (χ2n) is 10.1. The first-order valence-corrected chi connectivity index (χ1v) is 11.5. The predicted octanol–water partition coefficient (Wildman–Crippen LogP) is 4.91. The van der Waals surface area contributed by atoms with Crippen molar-refractivity contribution in [2.45, 2.75) is 59.0 Å². The standard InChI is InChI=1S/C26H31F2N5O2/c1-14-17(9-8-10-20(14)26(27,28)13-34)15(2)29-23-19-12-22-21(11-18(19)16(3)30-31-23)32(7)24(35)33(22)25(4,5)6/h8-12,15,34H,13H2,1-7H3,(H,29,31)/t15-/m1/s1. The molecule has 0 amide bonds. The van der Waals surface area contributed by atoms with Gasteiger partial charge in [-0.3, -0.25) is 9.13 Å². The van der Waals surface area contributed by atoms with Crippen LogP contribution in [-0.2, 0) is 18.5 Å². The molecule has 1 atom stereocenters. The molecule has 2 aromatic heterocycles. The molecule has 2 aromatic carbocycles. The van der Waals surface area contributed by atoms with Crippen LogP contribution in [0.5, 0.6) is 0 Å². The van der Waals surface area contributed by atoms with Gasteiger partial charge in [0.25, 0.3) is 5.92 Å². The molecule has 0 radical (unpaired) electrons. The summed E-state index contributed by atoms with van der Waals surface area (Å²) in [6.45, 7) is 10.0. The average molecular weight is 484 g/mol. The summed E-state index contributed by atoms with van der Waals surface area (Å²) in [6.07, 6.45) is 0. The Morgan fingerprint density at radius 2 is 1.74 bits per heavy atom. The fourth-order valence-electron chi connectivity index (χ4n) is 4.75. The summed E-state index contributed by atoms with van der Waals surface area (Å²) in [5.74, 6) is -2.83. The molecule has 0 aliphatic rings. The number of benzene rings is 2. The first-order chi connectivity index (χ1) is 16.3. The number of aliphatic hydroxyl groups excluding tert-OH is 1. The summed E-state index contributed by atoms with van der Waals surface area (Å²) in [4.78, 5) is 13.0. The van der Waals surface area contributed by atoms with E-state index < -0.39 is 18.1 Å². The molecule has 0 saturated carbocycles. The number of anilines is 1. The van der Waals surface area contributed by atoms with Crippen LogP contribution in [0.1, 0.15) is 56.1 Å². The lowest BCUT2D eigenvalue weighted by Crippen LogP contribution is -2.34. The van der Waals surface area contributed by atoms with E-state index in [0.717, 1.165) is 27.5 Å². The summed E-state index contributed by atoms with van der Waals surface area (Å²) in [6, 6.07) is 8.19. The monoisotopic (exact) mass is 483 g/mol. The highest BCUT2D eigenvalue weighted by Gasteiger charge is 2.33. The molecule has 4 aromatic rings. The first-order valence-electron chi connectivity index (χ1n) is 11.5.